The molecule has 11 nitrogen and oxygen atoms in total. The van der Waals surface area contributed by atoms with Gasteiger partial charge in [0, 0.05) is 30.8 Å². The molecular weight excluding hydrogens is 371 g/mol. The first-order chi connectivity index (χ1) is 13.5. The summed E-state index contributed by atoms with van der Waals surface area (Å²) in [6.07, 6.45) is 1.18. The molecule has 1 fully saturated rings. The molecule has 0 saturated carbocycles. The van der Waals surface area contributed by atoms with E-state index in [2.05, 4.69) is 25.9 Å². The molecule has 144 valence electrons. The van der Waals surface area contributed by atoms with Gasteiger partial charge in [-0.25, -0.2) is 0 Å². The van der Waals surface area contributed by atoms with Gasteiger partial charge in [0.1, 0.15) is 0 Å². The minimum atomic E-state index is -0.941. The van der Waals surface area contributed by atoms with Crippen molar-refractivity contribution in [3.05, 3.63) is 46.3 Å². The van der Waals surface area contributed by atoms with Crippen molar-refractivity contribution in [3.63, 3.8) is 0 Å². The van der Waals surface area contributed by atoms with Crippen LogP contribution in [0, 0.1) is 21.8 Å². The number of benzene rings is 1. The van der Waals surface area contributed by atoms with Crippen molar-refractivity contribution >= 4 is 28.7 Å². The maximum atomic E-state index is 13.4. The monoisotopic (exact) mass is 386 g/mol. The standard InChI is InChI=1S/C16H15FN8O3/c17-12-2-1-11(9-13(12)25(27)28)18-16(26)10-5-7-23(8-6-10)15-4-3-14-19-21-22-24(14)20-15/h1-4,9-10H,5-8H2,(H,18,26). The van der Waals surface area contributed by atoms with Gasteiger partial charge in [0.05, 0.1) is 4.92 Å². The average Bonchev–Trinajstić information content (AvgIpc) is 3.17. The van der Waals surface area contributed by atoms with Crippen molar-refractivity contribution < 1.29 is 14.1 Å². The number of nitro groups is 1. The Bertz CT molecular complexity index is 1050. The van der Waals surface area contributed by atoms with E-state index in [-0.39, 0.29) is 17.5 Å². The van der Waals surface area contributed by atoms with Crippen LogP contribution in [0.2, 0.25) is 0 Å². The Kier molecular flexibility index (Phi) is 4.51. The number of nitrogens with one attached hydrogen (secondary N) is 1. The summed E-state index contributed by atoms with van der Waals surface area (Å²) in [4.78, 5) is 24.5. The van der Waals surface area contributed by atoms with E-state index in [0.29, 0.717) is 37.4 Å². The van der Waals surface area contributed by atoms with E-state index < -0.39 is 16.4 Å². The number of halogens is 1. The number of nitrogens with zero attached hydrogens (tertiary/aromatic N) is 7. The number of tetrazole rings is 1. The molecule has 1 aliphatic rings. The third kappa shape index (κ3) is 3.43. The molecule has 3 heterocycles. The molecular formula is C16H15FN8O3. The van der Waals surface area contributed by atoms with Crippen LogP contribution in [0.3, 0.4) is 0 Å². The predicted octanol–water partition coefficient (Wildman–Crippen LogP) is 1.42. The third-order valence-corrected chi connectivity index (χ3v) is 4.66. The summed E-state index contributed by atoms with van der Waals surface area (Å²) in [5, 5.41) is 28.9. The van der Waals surface area contributed by atoms with E-state index >= 15 is 0 Å². The van der Waals surface area contributed by atoms with Crippen LogP contribution >= 0.6 is 0 Å². The number of nitro benzene ring substituents is 1. The van der Waals surface area contributed by atoms with Crippen LogP contribution in [-0.2, 0) is 4.79 Å². The molecule has 1 N–H and O–H groups in total. The normalized spacial score (nSPS) is 15.0. The number of piperidine rings is 1. The van der Waals surface area contributed by atoms with E-state index in [1.54, 1.807) is 6.07 Å². The van der Waals surface area contributed by atoms with Gasteiger partial charge in [0.2, 0.25) is 11.7 Å². The first-order valence-corrected chi connectivity index (χ1v) is 8.56. The number of amides is 1. The lowest BCUT2D eigenvalue weighted by Gasteiger charge is -2.31. The van der Waals surface area contributed by atoms with Crippen molar-refractivity contribution in [2.75, 3.05) is 23.3 Å². The molecule has 28 heavy (non-hydrogen) atoms. The van der Waals surface area contributed by atoms with Gasteiger partial charge >= 0.3 is 5.69 Å². The maximum absolute atomic E-state index is 13.4. The summed E-state index contributed by atoms with van der Waals surface area (Å²) in [5.74, 6) is -0.724. The zero-order chi connectivity index (χ0) is 19.7. The molecule has 0 aliphatic carbocycles. The Morgan fingerprint density at radius 1 is 1.25 bits per heavy atom. The summed E-state index contributed by atoms with van der Waals surface area (Å²) >= 11 is 0. The minimum Gasteiger partial charge on any atom is -0.355 e. The highest BCUT2D eigenvalue weighted by Crippen LogP contribution is 2.25. The van der Waals surface area contributed by atoms with Gasteiger partial charge in [-0.3, -0.25) is 14.9 Å². The summed E-state index contributed by atoms with van der Waals surface area (Å²) in [7, 11) is 0. The molecule has 0 unspecified atom stereocenters. The van der Waals surface area contributed by atoms with Crippen molar-refractivity contribution in [2.24, 2.45) is 5.92 Å². The van der Waals surface area contributed by atoms with Crippen molar-refractivity contribution in [1.29, 1.82) is 0 Å². The van der Waals surface area contributed by atoms with Crippen LogP contribution in [0.25, 0.3) is 5.65 Å². The second kappa shape index (κ2) is 7.13. The van der Waals surface area contributed by atoms with E-state index in [4.69, 9.17) is 0 Å². The lowest BCUT2D eigenvalue weighted by atomic mass is 9.96. The number of carbonyl (C=O) groups excluding carboxylic acids is 1. The molecule has 3 aromatic rings. The van der Waals surface area contributed by atoms with Gasteiger partial charge < -0.3 is 10.2 Å². The van der Waals surface area contributed by atoms with E-state index in [1.165, 1.54) is 10.7 Å². The van der Waals surface area contributed by atoms with Crippen molar-refractivity contribution in [2.45, 2.75) is 12.8 Å². The first-order valence-electron chi connectivity index (χ1n) is 8.56. The number of hydrogen-bond acceptors (Lipinski definition) is 8. The SMILES string of the molecule is O=C(Nc1ccc(F)c([N+](=O)[O-])c1)C1CCN(c2ccc3nnnn3n2)CC1. The lowest BCUT2D eigenvalue weighted by molar-refractivity contribution is -0.387. The van der Waals surface area contributed by atoms with E-state index in [1.807, 2.05) is 11.0 Å². The van der Waals surface area contributed by atoms with Crippen molar-refractivity contribution in [3.8, 4) is 0 Å². The minimum absolute atomic E-state index is 0.200. The second-order valence-electron chi connectivity index (χ2n) is 6.39. The first kappa shape index (κ1) is 17.7. The largest absolute Gasteiger partial charge is 0.355 e. The second-order valence-corrected chi connectivity index (χ2v) is 6.39. The quantitative estimate of drug-likeness (QED) is 0.526. The van der Waals surface area contributed by atoms with Crippen LogP contribution < -0.4 is 10.2 Å². The number of rotatable bonds is 4. The highest BCUT2D eigenvalue weighted by Gasteiger charge is 2.26. The highest BCUT2D eigenvalue weighted by molar-refractivity contribution is 5.93. The highest BCUT2D eigenvalue weighted by atomic mass is 19.1. The van der Waals surface area contributed by atoms with Crippen LogP contribution in [0.5, 0.6) is 0 Å². The zero-order valence-corrected chi connectivity index (χ0v) is 14.5. The maximum Gasteiger partial charge on any atom is 0.306 e. The molecule has 0 radical (unpaired) electrons. The van der Waals surface area contributed by atoms with E-state index in [0.717, 1.165) is 12.1 Å². The van der Waals surface area contributed by atoms with Gasteiger partial charge in [0.15, 0.2) is 11.5 Å². The average molecular weight is 386 g/mol. The summed E-state index contributed by atoms with van der Waals surface area (Å²) in [6, 6.07) is 6.89. The zero-order valence-electron chi connectivity index (χ0n) is 14.5. The fourth-order valence-electron chi connectivity index (χ4n) is 3.15. The molecule has 0 spiro atoms. The number of anilines is 2. The molecule has 0 atom stereocenters. The topological polar surface area (TPSA) is 131 Å². The fourth-order valence-corrected chi connectivity index (χ4v) is 3.15. The fraction of sp³-hybridized carbons (Fsp3) is 0.312. The van der Waals surface area contributed by atoms with Gasteiger partial charge in [-0.15, -0.1) is 14.8 Å². The summed E-state index contributed by atoms with van der Waals surface area (Å²) in [6.45, 7) is 1.23. The smallest absolute Gasteiger partial charge is 0.306 e. The Morgan fingerprint density at radius 3 is 2.79 bits per heavy atom. The summed E-state index contributed by atoms with van der Waals surface area (Å²) < 4.78 is 14.8. The predicted molar refractivity (Wildman–Crippen MR) is 95.2 cm³/mol. The Hall–Kier alpha value is -3.70. The van der Waals surface area contributed by atoms with Gasteiger partial charge in [-0.05, 0) is 47.5 Å². The van der Waals surface area contributed by atoms with Crippen LogP contribution in [0.4, 0.5) is 21.6 Å². The van der Waals surface area contributed by atoms with Gasteiger partial charge in [-0.2, -0.15) is 4.39 Å². The molecule has 1 amide bonds. The van der Waals surface area contributed by atoms with Gasteiger partial charge in [-0.1, -0.05) is 0 Å². The Labute approximate surface area is 157 Å². The van der Waals surface area contributed by atoms with Crippen LogP contribution in [-0.4, -0.2) is 49.2 Å². The van der Waals surface area contributed by atoms with Crippen LogP contribution in [0.1, 0.15) is 12.8 Å². The lowest BCUT2D eigenvalue weighted by Crippen LogP contribution is -2.38. The molecule has 12 heteroatoms. The Balaban J connectivity index is 1.38. The number of aromatic nitrogens is 5. The molecule has 1 saturated heterocycles. The number of carbonyl (C=O) groups is 1. The molecule has 0 bridgehead atoms. The Morgan fingerprint density at radius 2 is 2.04 bits per heavy atom. The molecule has 4 rings (SSSR count). The molecule has 1 aliphatic heterocycles. The molecule has 1 aromatic carbocycles. The van der Waals surface area contributed by atoms with Crippen molar-refractivity contribution in [1.82, 2.24) is 25.3 Å². The van der Waals surface area contributed by atoms with Gasteiger partial charge in [0.25, 0.3) is 0 Å². The summed E-state index contributed by atoms with van der Waals surface area (Å²) in [5.41, 5.74) is 0.0782. The number of hydrogen-bond donors (Lipinski definition) is 1. The van der Waals surface area contributed by atoms with Crippen LogP contribution in [0.15, 0.2) is 30.3 Å². The third-order valence-electron chi connectivity index (χ3n) is 4.66. The van der Waals surface area contributed by atoms with E-state index in [9.17, 15) is 19.3 Å². The number of fused-ring (bicyclic) bond motifs is 1. The molecule has 2 aromatic heterocycles.